The maximum absolute atomic E-state index is 12.9. The Labute approximate surface area is 188 Å². The van der Waals surface area contributed by atoms with E-state index in [9.17, 15) is 14.7 Å². The molecule has 0 aliphatic carbocycles. The summed E-state index contributed by atoms with van der Waals surface area (Å²) in [6, 6.07) is 6.74. The van der Waals surface area contributed by atoms with Crippen LogP contribution < -0.4 is 9.47 Å². The predicted molar refractivity (Wildman–Crippen MR) is 118 cm³/mol. The Hall–Kier alpha value is -3.06. The fourth-order valence-corrected chi connectivity index (χ4v) is 3.75. The number of cyclic esters (lactones) is 1. The molecule has 0 aromatic heterocycles. The van der Waals surface area contributed by atoms with E-state index in [0.29, 0.717) is 17.5 Å². The maximum atomic E-state index is 12.9. The van der Waals surface area contributed by atoms with Crippen molar-refractivity contribution in [1.29, 1.82) is 0 Å². The number of fused-ring (bicyclic) bond motifs is 2. The topological polar surface area (TPSA) is 91.3 Å². The average Bonchev–Trinajstić information content (AvgIpc) is 2.70. The van der Waals surface area contributed by atoms with Crippen LogP contribution in [0.5, 0.6) is 17.2 Å². The highest BCUT2D eigenvalue weighted by Crippen LogP contribution is 2.42. The van der Waals surface area contributed by atoms with Gasteiger partial charge in [-0.15, -0.1) is 0 Å². The van der Waals surface area contributed by atoms with Gasteiger partial charge in [-0.05, 0) is 62.9 Å². The average molecular weight is 443 g/mol. The van der Waals surface area contributed by atoms with Crippen molar-refractivity contribution >= 4 is 11.9 Å². The highest BCUT2D eigenvalue weighted by molar-refractivity contribution is 5.98. The molecule has 0 fully saturated rings. The molecule has 3 rings (SSSR count). The molecule has 1 unspecified atom stereocenters. The Morgan fingerprint density at radius 1 is 1.19 bits per heavy atom. The van der Waals surface area contributed by atoms with Gasteiger partial charge in [0.1, 0.15) is 35.0 Å². The number of ether oxygens (including phenoxy) is 4. The van der Waals surface area contributed by atoms with Gasteiger partial charge < -0.3 is 24.1 Å². The van der Waals surface area contributed by atoms with Crippen molar-refractivity contribution in [2.45, 2.75) is 59.9 Å². The van der Waals surface area contributed by atoms with E-state index < -0.39 is 18.0 Å². The van der Waals surface area contributed by atoms with Crippen LogP contribution in [0.1, 0.15) is 77.6 Å². The van der Waals surface area contributed by atoms with Crippen molar-refractivity contribution in [3.8, 4) is 17.2 Å². The van der Waals surface area contributed by atoms with Crippen molar-refractivity contribution in [2.24, 2.45) is 5.92 Å². The first-order valence-electron chi connectivity index (χ1n) is 10.7. The summed E-state index contributed by atoms with van der Waals surface area (Å²) in [6.07, 6.45) is -0.624. The van der Waals surface area contributed by atoms with Gasteiger partial charge in [-0.1, -0.05) is 13.8 Å². The molecule has 1 aliphatic heterocycles. The van der Waals surface area contributed by atoms with Gasteiger partial charge in [0, 0.05) is 11.1 Å². The van der Waals surface area contributed by atoms with E-state index in [2.05, 4.69) is 0 Å². The number of hydrogen-bond donors (Lipinski definition) is 1. The zero-order chi connectivity index (χ0) is 23.6. The van der Waals surface area contributed by atoms with Gasteiger partial charge in [-0.25, -0.2) is 9.59 Å². The van der Waals surface area contributed by atoms with Gasteiger partial charge in [0.05, 0.1) is 19.3 Å². The summed E-state index contributed by atoms with van der Waals surface area (Å²) in [4.78, 5) is 25.7. The molecule has 2 aromatic carbocycles. The van der Waals surface area contributed by atoms with Crippen molar-refractivity contribution in [3.63, 3.8) is 0 Å². The molecule has 2 aromatic rings. The molecule has 1 atom stereocenters. The molecule has 0 radical (unpaired) electrons. The zero-order valence-electron chi connectivity index (χ0n) is 19.4. The fraction of sp³-hybridized carbons (Fsp3) is 0.440. The van der Waals surface area contributed by atoms with Crippen molar-refractivity contribution in [2.75, 3.05) is 7.11 Å². The first-order chi connectivity index (χ1) is 15.1. The van der Waals surface area contributed by atoms with Gasteiger partial charge in [-0.3, -0.25) is 0 Å². The zero-order valence-corrected chi connectivity index (χ0v) is 19.4. The standard InChI is InChI=1S/C25H30O7/c1-13(2)9-19(26)17-7-8-20-21(23(17)29-6)25(28)30-12-16-10-15(5)11-18(22(16)32-20)24(27)31-14(3)4/h7-8,10-11,13-14,19,26H,9,12H2,1-6H3. The quantitative estimate of drug-likeness (QED) is 0.622. The Kier molecular flexibility index (Phi) is 7.09. The van der Waals surface area contributed by atoms with Crippen LogP contribution in [-0.4, -0.2) is 30.3 Å². The van der Waals surface area contributed by atoms with Gasteiger partial charge >= 0.3 is 11.9 Å². The van der Waals surface area contributed by atoms with E-state index in [1.165, 1.54) is 7.11 Å². The SMILES string of the molecule is COc1c(C(O)CC(C)C)ccc2c1C(=O)OCc1cc(C)cc(C(=O)OC(C)C)c1O2. The molecule has 0 saturated heterocycles. The largest absolute Gasteiger partial charge is 0.495 e. The molecule has 7 nitrogen and oxygen atoms in total. The van der Waals surface area contributed by atoms with Crippen LogP contribution in [0.15, 0.2) is 24.3 Å². The molecular formula is C25H30O7. The monoisotopic (exact) mass is 442 g/mol. The second-order valence-electron chi connectivity index (χ2n) is 8.64. The van der Waals surface area contributed by atoms with E-state index in [4.69, 9.17) is 18.9 Å². The van der Waals surface area contributed by atoms with Crippen LogP contribution in [0, 0.1) is 12.8 Å². The summed E-state index contributed by atoms with van der Waals surface area (Å²) in [5.74, 6) is -0.270. The van der Waals surface area contributed by atoms with Crippen molar-refractivity contribution in [3.05, 3.63) is 52.1 Å². The van der Waals surface area contributed by atoms with Gasteiger partial charge in [-0.2, -0.15) is 0 Å². The first kappa shape index (κ1) is 23.6. The van der Waals surface area contributed by atoms with E-state index in [0.717, 1.165) is 5.56 Å². The van der Waals surface area contributed by atoms with E-state index in [-0.39, 0.29) is 47.0 Å². The summed E-state index contributed by atoms with van der Waals surface area (Å²) in [7, 11) is 1.43. The summed E-state index contributed by atoms with van der Waals surface area (Å²) >= 11 is 0. The number of aliphatic hydroxyl groups excluding tert-OH is 1. The number of benzene rings is 2. The predicted octanol–water partition coefficient (Wildman–Crippen LogP) is 5.11. The Balaban J connectivity index is 2.15. The second kappa shape index (κ2) is 9.61. The minimum Gasteiger partial charge on any atom is -0.495 e. The summed E-state index contributed by atoms with van der Waals surface area (Å²) in [6.45, 7) is 9.29. The van der Waals surface area contributed by atoms with Crippen LogP contribution in [0.2, 0.25) is 0 Å². The number of carbonyl (C=O) groups is 2. The molecule has 32 heavy (non-hydrogen) atoms. The summed E-state index contributed by atoms with van der Waals surface area (Å²) in [5.41, 5.74) is 2.17. The Morgan fingerprint density at radius 2 is 1.91 bits per heavy atom. The minimum atomic E-state index is -0.819. The molecule has 0 bridgehead atoms. The van der Waals surface area contributed by atoms with E-state index >= 15 is 0 Å². The van der Waals surface area contributed by atoms with E-state index in [1.54, 1.807) is 38.1 Å². The van der Waals surface area contributed by atoms with Crippen molar-refractivity contribution < 1.29 is 33.6 Å². The number of aryl methyl sites for hydroxylation is 1. The summed E-state index contributed by atoms with van der Waals surface area (Å²) < 4.78 is 22.6. The van der Waals surface area contributed by atoms with Crippen LogP contribution in [-0.2, 0) is 16.1 Å². The number of esters is 2. The lowest BCUT2D eigenvalue weighted by atomic mass is 9.96. The molecule has 172 valence electrons. The normalized spacial score (nSPS) is 14.0. The third-order valence-corrected chi connectivity index (χ3v) is 5.06. The fourth-order valence-electron chi connectivity index (χ4n) is 3.75. The molecule has 1 N–H and O–H groups in total. The molecule has 7 heteroatoms. The highest BCUT2D eigenvalue weighted by Gasteiger charge is 2.31. The number of methoxy groups -OCH3 is 1. The minimum absolute atomic E-state index is 0.0715. The smallest absolute Gasteiger partial charge is 0.346 e. The van der Waals surface area contributed by atoms with Crippen LogP contribution >= 0.6 is 0 Å². The molecular weight excluding hydrogens is 412 g/mol. The van der Waals surface area contributed by atoms with Crippen LogP contribution in [0.25, 0.3) is 0 Å². The second-order valence-corrected chi connectivity index (χ2v) is 8.64. The van der Waals surface area contributed by atoms with Gasteiger partial charge in [0.15, 0.2) is 0 Å². The third-order valence-electron chi connectivity index (χ3n) is 5.06. The third kappa shape index (κ3) is 4.88. The lowest BCUT2D eigenvalue weighted by molar-refractivity contribution is 0.0374. The van der Waals surface area contributed by atoms with Crippen LogP contribution in [0.4, 0.5) is 0 Å². The molecule has 0 saturated carbocycles. The lowest BCUT2D eigenvalue weighted by Gasteiger charge is -2.24. The van der Waals surface area contributed by atoms with Crippen LogP contribution in [0.3, 0.4) is 0 Å². The molecule has 0 spiro atoms. The first-order valence-corrected chi connectivity index (χ1v) is 10.7. The number of rotatable bonds is 6. The molecule has 0 amide bonds. The molecule has 1 aliphatic rings. The number of aliphatic hydroxyl groups is 1. The highest BCUT2D eigenvalue weighted by atomic mass is 16.6. The summed E-state index contributed by atoms with van der Waals surface area (Å²) in [5, 5.41) is 10.7. The van der Waals surface area contributed by atoms with Gasteiger partial charge in [0.2, 0.25) is 0 Å². The number of carbonyl (C=O) groups excluding carboxylic acids is 2. The number of hydrogen-bond acceptors (Lipinski definition) is 7. The Bertz CT molecular complexity index is 1020. The molecule has 1 heterocycles. The lowest BCUT2D eigenvalue weighted by Crippen LogP contribution is -2.18. The van der Waals surface area contributed by atoms with E-state index in [1.807, 2.05) is 20.8 Å². The van der Waals surface area contributed by atoms with Gasteiger partial charge in [0.25, 0.3) is 0 Å². The van der Waals surface area contributed by atoms with Crippen molar-refractivity contribution in [1.82, 2.24) is 0 Å². The Morgan fingerprint density at radius 3 is 2.53 bits per heavy atom. The maximum Gasteiger partial charge on any atom is 0.346 e.